The van der Waals surface area contributed by atoms with Crippen LogP contribution in [0.2, 0.25) is 0 Å². The number of hydrogen-bond acceptors (Lipinski definition) is 2. The lowest BCUT2D eigenvalue weighted by molar-refractivity contribution is 0.734. The number of aromatic nitrogens is 1. The predicted molar refractivity (Wildman–Crippen MR) is 84.4 cm³/mol. The zero-order valence-corrected chi connectivity index (χ0v) is 12.9. The summed E-state index contributed by atoms with van der Waals surface area (Å²) in [7, 11) is 0. The van der Waals surface area contributed by atoms with Gasteiger partial charge in [-0.05, 0) is 58.1 Å². The number of rotatable bonds is 5. The van der Waals surface area contributed by atoms with Crippen LogP contribution in [0.4, 0.5) is 5.69 Å². The Labute approximate surface area is 123 Å². The zero-order valence-electron chi connectivity index (χ0n) is 11.4. The standard InChI is InChI=1S/C16H19BrN2/c1-3-12(2)13-7-9-14(10-8-13)18-11-15-5-4-6-16(17)19-15/h4-10,12,18H,3,11H2,1-2H3. The SMILES string of the molecule is CCC(C)c1ccc(NCc2cccc(Br)n2)cc1. The highest BCUT2D eigenvalue weighted by Gasteiger charge is 2.02. The summed E-state index contributed by atoms with van der Waals surface area (Å²) >= 11 is 3.38. The topological polar surface area (TPSA) is 24.9 Å². The molecule has 100 valence electrons. The Morgan fingerprint density at radius 1 is 1.16 bits per heavy atom. The molecule has 0 saturated carbocycles. The van der Waals surface area contributed by atoms with Crippen LogP contribution in [-0.4, -0.2) is 4.98 Å². The lowest BCUT2D eigenvalue weighted by Gasteiger charge is -2.11. The highest BCUT2D eigenvalue weighted by atomic mass is 79.9. The van der Waals surface area contributed by atoms with Crippen molar-refractivity contribution in [3.8, 4) is 0 Å². The van der Waals surface area contributed by atoms with Crippen molar-refractivity contribution in [2.45, 2.75) is 32.7 Å². The second-order valence-electron chi connectivity index (χ2n) is 4.74. The summed E-state index contributed by atoms with van der Waals surface area (Å²) in [6, 6.07) is 14.6. The largest absolute Gasteiger partial charge is 0.379 e. The van der Waals surface area contributed by atoms with Crippen molar-refractivity contribution in [3.05, 3.63) is 58.3 Å². The number of pyridine rings is 1. The van der Waals surface area contributed by atoms with Gasteiger partial charge in [0.25, 0.3) is 0 Å². The highest BCUT2D eigenvalue weighted by Crippen LogP contribution is 2.20. The summed E-state index contributed by atoms with van der Waals surface area (Å²) in [5, 5.41) is 3.39. The number of nitrogens with one attached hydrogen (secondary N) is 1. The highest BCUT2D eigenvalue weighted by molar-refractivity contribution is 9.10. The minimum Gasteiger partial charge on any atom is -0.379 e. The average molecular weight is 319 g/mol. The van der Waals surface area contributed by atoms with Gasteiger partial charge in [0.2, 0.25) is 0 Å². The molecule has 0 aliphatic rings. The number of halogens is 1. The van der Waals surface area contributed by atoms with E-state index in [0.29, 0.717) is 5.92 Å². The predicted octanol–water partition coefficient (Wildman–Crippen LogP) is 4.97. The maximum absolute atomic E-state index is 4.40. The number of hydrogen-bond donors (Lipinski definition) is 1. The molecule has 1 heterocycles. The van der Waals surface area contributed by atoms with Crippen LogP contribution in [0.1, 0.15) is 37.4 Å². The van der Waals surface area contributed by atoms with E-state index in [1.807, 2.05) is 18.2 Å². The van der Waals surface area contributed by atoms with Gasteiger partial charge in [-0.1, -0.05) is 32.0 Å². The molecular formula is C16H19BrN2. The lowest BCUT2D eigenvalue weighted by atomic mass is 9.99. The average Bonchev–Trinajstić information content (AvgIpc) is 2.45. The van der Waals surface area contributed by atoms with Crippen LogP contribution in [0, 0.1) is 0 Å². The number of anilines is 1. The van der Waals surface area contributed by atoms with Gasteiger partial charge in [-0.2, -0.15) is 0 Å². The van der Waals surface area contributed by atoms with Gasteiger partial charge in [0, 0.05) is 5.69 Å². The molecule has 2 aromatic rings. The number of nitrogens with zero attached hydrogens (tertiary/aromatic N) is 1. The molecule has 0 spiro atoms. The van der Waals surface area contributed by atoms with E-state index >= 15 is 0 Å². The van der Waals surface area contributed by atoms with E-state index in [9.17, 15) is 0 Å². The summed E-state index contributed by atoms with van der Waals surface area (Å²) in [5.41, 5.74) is 3.56. The Morgan fingerprint density at radius 2 is 1.89 bits per heavy atom. The van der Waals surface area contributed by atoms with Crippen molar-refractivity contribution in [3.63, 3.8) is 0 Å². The third kappa shape index (κ3) is 4.06. The first-order valence-corrected chi connectivity index (χ1v) is 7.43. The normalized spacial score (nSPS) is 12.2. The minimum atomic E-state index is 0.626. The first-order valence-electron chi connectivity index (χ1n) is 6.64. The smallest absolute Gasteiger partial charge is 0.106 e. The van der Waals surface area contributed by atoms with Crippen molar-refractivity contribution in [2.75, 3.05) is 5.32 Å². The Balaban J connectivity index is 1.96. The van der Waals surface area contributed by atoms with Crippen molar-refractivity contribution in [1.29, 1.82) is 0 Å². The molecule has 1 aromatic heterocycles. The van der Waals surface area contributed by atoms with Crippen molar-refractivity contribution >= 4 is 21.6 Å². The van der Waals surface area contributed by atoms with Crippen LogP contribution in [0.3, 0.4) is 0 Å². The molecule has 0 fully saturated rings. The summed E-state index contributed by atoms with van der Waals surface area (Å²) < 4.78 is 0.874. The Morgan fingerprint density at radius 3 is 2.53 bits per heavy atom. The molecule has 0 bridgehead atoms. The first-order chi connectivity index (χ1) is 9.19. The van der Waals surface area contributed by atoms with Crippen molar-refractivity contribution < 1.29 is 0 Å². The third-order valence-corrected chi connectivity index (χ3v) is 3.78. The van der Waals surface area contributed by atoms with Gasteiger partial charge in [-0.25, -0.2) is 4.98 Å². The molecular weight excluding hydrogens is 300 g/mol. The van der Waals surface area contributed by atoms with Gasteiger partial charge in [0.05, 0.1) is 12.2 Å². The molecule has 0 saturated heterocycles. The van der Waals surface area contributed by atoms with Gasteiger partial charge in [-0.3, -0.25) is 0 Å². The molecule has 19 heavy (non-hydrogen) atoms. The van der Waals surface area contributed by atoms with Crippen LogP contribution in [0.25, 0.3) is 0 Å². The lowest BCUT2D eigenvalue weighted by Crippen LogP contribution is -2.01. The van der Waals surface area contributed by atoms with Crippen LogP contribution in [0.5, 0.6) is 0 Å². The van der Waals surface area contributed by atoms with E-state index in [4.69, 9.17) is 0 Å². The number of benzene rings is 1. The fraction of sp³-hybridized carbons (Fsp3) is 0.312. The monoisotopic (exact) mass is 318 g/mol. The second-order valence-corrected chi connectivity index (χ2v) is 5.55. The molecule has 2 rings (SSSR count). The quantitative estimate of drug-likeness (QED) is 0.787. The van der Waals surface area contributed by atoms with Gasteiger partial charge in [-0.15, -0.1) is 0 Å². The molecule has 1 aromatic carbocycles. The van der Waals surface area contributed by atoms with E-state index in [0.717, 1.165) is 22.5 Å². The Hall–Kier alpha value is -1.35. The maximum atomic E-state index is 4.40. The van der Waals surface area contributed by atoms with Crippen LogP contribution in [-0.2, 0) is 6.54 Å². The van der Waals surface area contributed by atoms with Crippen molar-refractivity contribution in [1.82, 2.24) is 4.98 Å². The minimum absolute atomic E-state index is 0.626. The van der Waals surface area contributed by atoms with Gasteiger partial charge >= 0.3 is 0 Å². The first kappa shape index (κ1) is 14.1. The van der Waals surface area contributed by atoms with E-state index < -0.39 is 0 Å². The molecule has 0 radical (unpaired) electrons. The van der Waals surface area contributed by atoms with E-state index in [1.165, 1.54) is 12.0 Å². The van der Waals surface area contributed by atoms with E-state index in [1.54, 1.807) is 0 Å². The van der Waals surface area contributed by atoms with Crippen molar-refractivity contribution in [2.24, 2.45) is 0 Å². The Bertz CT molecular complexity index is 523. The fourth-order valence-electron chi connectivity index (χ4n) is 1.91. The van der Waals surface area contributed by atoms with Gasteiger partial charge < -0.3 is 5.32 Å². The van der Waals surface area contributed by atoms with Crippen LogP contribution < -0.4 is 5.32 Å². The van der Waals surface area contributed by atoms with E-state index in [2.05, 4.69) is 64.3 Å². The van der Waals surface area contributed by atoms with Gasteiger partial charge in [0.1, 0.15) is 4.60 Å². The molecule has 1 atom stereocenters. The van der Waals surface area contributed by atoms with E-state index in [-0.39, 0.29) is 0 Å². The second kappa shape index (κ2) is 6.71. The summed E-state index contributed by atoms with van der Waals surface area (Å²) in [4.78, 5) is 4.40. The fourth-order valence-corrected chi connectivity index (χ4v) is 2.29. The summed E-state index contributed by atoms with van der Waals surface area (Å²) in [6.07, 6.45) is 1.18. The molecule has 1 N–H and O–H groups in total. The molecule has 1 unspecified atom stereocenters. The molecule has 0 aliphatic heterocycles. The van der Waals surface area contributed by atoms with Gasteiger partial charge in [0.15, 0.2) is 0 Å². The summed E-state index contributed by atoms with van der Waals surface area (Å²) in [5.74, 6) is 0.626. The molecule has 3 heteroatoms. The molecule has 0 amide bonds. The molecule has 2 nitrogen and oxygen atoms in total. The third-order valence-electron chi connectivity index (χ3n) is 3.34. The van der Waals surface area contributed by atoms with Crippen LogP contribution in [0.15, 0.2) is 47.1 Å². The molecule has 0 aliphatic carbocycles. The Kier molecular flexibility index (Phi) is 4.97. The summed E-state index contributed by atoms with van der Waals surface area (Å²) in [6.45, 7) is 5.21. The zero-order chi connectivity index (χ0) is 13.7. The van der Waals surface area contributed by atoms with Crippen LogP contribution >= 0.6 is 15.9 Å². The maximum Gasteiger partial charge on any atom is 0.106 e.